The number of carbonyl (C=O) groups is 2. The maximum Gasteiger partial charge on any atom is 0.328 e. The molecule has 2 aromatic rings. The normalized spacial score (nSPS) is 15.2. The molecule has 0 aliphatic carbocycles. The molecule has 106 valence electrons. The molecule has 0 aromatic heterocycles. The predicted molar refractivity (Wildman–Crippen MR) is 84.2 cm³/mol. The van der Waals surface area contributed by atoms with Crippen LogP contribution in [0.4, 0.5) is 10.5 Å². The molecule has 0 atom stereocenters. The highest BCUT2D eigenvalue weighted by molar-refractivity contribution is 6.11. The number of allylic oxidation sites excluding steroid dienone is 1. The zero-order valence-corrected chi connectivity index (χ0v) is 11.8. The van der Waals surface area contributed by atoms with Crippen LogP contribution in [0.5, 0.6) is 0 Å². The minimum absolute atomic E-state index is 0.223. The van der Waals surface area contributed by atoms with Gasteiger partial charge in [-0.25, -0.2) is 4.79 Å². The summed E-state index contributed by atoms with van der Waals surface area (Å²) in [6.45, 7) is 6.37. The zero-order valence-electron chi connectivity index (χ0n) is 11.8. The van der Waals surface area contributed by atoms with Gasteiger partial charge in [0, 0.05) is 18.4 Å². The van der Waals surface area contributed by atoms with Crippen molar-refractivity contribution in [3.8, 4) is 0 Å². The highest BCUT2D eigenvalue weighted by Crippen LogP contribution is 2.32. The highest BCUT2D eigenvalue weighted by Gasteiger charge is 2.25. The number of rotatable bonds is 2. The Kier molecular flexibility index (Phi) is 3.22. The summed E-state index contributed by atoms with van der Waals surface area (Å²) in [4.78, 5) is 24.9. The molecule has 1 aliphatic heterocycles. The molecule has 3 rings (SSSR count). The first-order valence-corrected chi connectivity index (χ1v) is 6.87. The number of benzene rings is 2. The molecular weight excluding hydrogens is 264 g/mol. The molecule has 2 aromatic carbocycles. The van der Waals surface area contributed by atoms with Crippen LogP contribution in [0.1, 0.15) is 18.9 Å². The van der Waals surface area contributed by atoms with E-state index in [4.69, 9.17) is 0 Å². The first-order chi connectivity index (χ1) is 10.1. The number of hydrogen-bond acceptors (Lipinski definition) is 2. The van der Waals surface area contributed by atoms with Crippen LogP contribution >= 0.6 is 0 Å². The molecule has 0 unspecified atom stereocenters. The fourth-order valence-electron chi connectivity index (χ4n) is 2.69. The van der Waals surface area contributed by atoms with E-state index in [1.165, 1.54) is 0 Å². The van der Waals surface area contributed by atoms with E-state index in [0.29, 0.717) is 13.0 Å². The second kappa shape index (κ2) is 5.05. The minimum Gasteiger partial charge on any atom is -0.293 e. The Morgan fingerprint density at radius 1 is 1.14 bits per heavy atom. The summed E-state index contributed by atoms with van der Waals surface area (Å²) in [5.74, 6) is -0.223. The zero-order chi connectivity index (χ0) is 15.0. The Morgan fingerprint density at radius 3 is 2.57 bits per heavy atom. The van der Waals surface area contributed by atoms with Crippen LogP contribution in [-0.4, -0.2) is 18.5 Å². The summed E-state index contributed by atoms with van der Waals surface area (Å²) in [5, 5.41) is 4.41. The lowest BCUT2D eigenvalue weighted by Crippen LogP contribution is -2.49. The molecule has 21 heavy (non-hydrogen) atoms. The maximum atomic E-state index is 12.0. The van der Waals surface area contributed by atoms with Gasteiger partial charge in [-0.05, 0) is 23.9 Å². The largest absolute Gasteiger partial charge is 0.328 e. The smallest absolute Gasteiger partial charge is 0.293 e. The molecule has 0 saturated carbocycles. The molecule has 1 aliphatic rings. The maximum absolute atomic E-state index is 12.0. The first-order valence-electron chi connectivity index (χ1n) is 6.87. The molecular formula is C17H16N2O2. The van der Waals surface area contributed by atoms with Crippen molar-refractivity contribution < 1.29 is 9.59 Å². The average molecular weight is 280 g/mol. The Bertz CT molecular complexity index is 764. The third-order valence-electron chi connectivity index (χ3n) is 3.70. The van der Waals surface area contributed by atoms with Gasteiger partial charge in [-0.1, -0.05) is 42.5 Å². The van der Waals surface area contributed by atoms with Gasteiger partial charge in [0.2, 0.25) is 5.91 Å². The summed E-state index contributed by atoms with van der Waals surface area (Å²) in [5.41, 5.74) is 2.87. The van der Waals surface area contributed by atoms with E-state index in [-0.39, 0.29) is 11.9 Å². The van der Waals surface area contributed by atoms with Crippen LogP contribution in [0, 0.1) is 0 Å². The molecule has 1 fully saturated rings. The minimum atomic E-state index is -0.362. The van der Waals surface area contributed by atoms with Gasteiger partial charge in [-0.15, -0.1) is 0 Å². The van der Waals surface area contributed by atoms with Crippen LogP contribution in [0.15, 0.2) is 43.0 Å². The van der Waals surface area contributed by atoms with Gasteiger partial charge in [0.15, 0.2) is 0 Å². The highest BCUT2D eigenvalue weighted by atomic mass is 16.2. The van der Waals surface area contributed by atoms with Crippen molar-refractivity contribution in [1.82, 2.24) is 5.32 Å². The quantitative estimate of drug-likeness (QED) is 0.917. The summed E-state index contributed by atoms with van der Waals surface area (Å²) in [7, 11) is 0. The lowest BCUT2D eigenvalue weighted by molar-refractivity contribution is -0.120. The Hall–Kier alpha value is -2.62. The van der Waals surface area contributed by atoms with Crippen molar-refractivity contribution >= 4 is 34.0 Å². The van der Waals surface area contributed by atoms with Gasteiger partial charge in [-0.2, -0.15) is 0 Å². The number of fused-ring (bicyclic) bond motifs is 1. The summed E-state index contributed by atoms with van der Waals surface area (Å²) >= 11 is 0. The van der Waals surface area contributed by atoms with E-state index < -0.39 is 0 Å². The van der Waals surface area contributed by atoms with Gasteiger partial charge in [0.1, 0.15) is 0 Å². The molecule has 3 amide bonds. The van der Waals surface area contributed by atoms with Crippen molar-refractivity contribution in [2.24, 2.45) is 0 Å². The third kappa shape index (κ3) is 2.29. The summed E-state index contributed by atoms with van der Waals surface area (Å²) < 4.78 is 0. The number of nitrogens with zero attached hydrogens (tertiary/aromatic N) is 1. The van der Waals surface area contributed by atoms with E-state index in [2.05, 4.69) is 11.9 Å². The first kappa shape index (κ1) is 13.4. The molecule has 1 saturated heterocycles. The fraction of sp³-hybridized carbons (Fsp3) is 0.176. The van der Waals surface area contributed by atoms with Crippen molar-refractivity contribution in [3.05, 3.63) is 48.5 Å². The van der Waals surface area contributed by atoms with E-state index in [1.807, 2.05) is 43.3 Å². The summed E-state index contributed by atoms with van der Waals surface area (Å²) in [6, 6.07) is 11.5. The van der Waals surface area contributed by atoms with Gasteiger partial charge in [-0.3, -0.25) is 15.0 Å². The van der Waals surface area contributed by atoms with E-state index >= 15 is 0 Å². The number of anilines is 1. The number of nitrogens with one attached hydrogen (secondary N) is 1. The molecule has 1 N–H and O–H groups in total. The topological polar surface area (TPSA) is 49.4 Å². The monoisotopic (exact) mass is 280 g/mol. The van der Waals surface area contributed by atoms with E-state index in [1.54, 1.807) is 4.90 Å². The van der Waals surface area contributed by atoms with Crippen molar-refractivity contribution in [3.63, 3.8) is 0 Å². The van der Waals surface area contributed by atoms with Crippen molar-refractivity contribution in [2.75, 3.05) is 11.4 Å². The van der Waals surface area contributed by atoms with Gasteiger partial charge < -0.3 is 0 Å². The number of amides is 3. The van der Waals surface area contributed by atoms with E-state index in [0.717, 1.165) is 27.6 Å². The van der Waals surface area contributed by atoms with Crippen LogP contribution in [0.3, 0.4) is 0 Å². The summed E-state index contributed by atoms with van der Waals surface area (Å²) in [6.07, 6.45) is 0.322. The SMILES string of the molecule is C=C(C)c1cccc2c(N3CCC(=O)NC3=O)cccc12. The van der Waals surface area contributed by atoms with Crippen LogP contribution < -0.4 is 10.2 Å². The molecule has 0 bridgehead atoms. The second-order valence-electron chi connectivity index (χ2n) is 5.21. The Labute approximate surface area is 123 Å². The van der Waals surface area contributed by atoms with Crippen LogP contribution in [-0.2, 0) is 4.79 Å². The van der Waals surface area contributed by atoms with E-state index in [9.17, 15) is 9.59 Å². The molecule has 1 heterocycles. The van der Waals surface area contributed by atoms with Crippen molar-refractivity contribution in [1.29, 1.82) is 0 Å². The lowest BCUT2D eigenvalue weighted by atomic mass is 9.98. The number of imide groups is 1. The molecule has 4 heteroatoms. The third-order valence-corrected chi connectivity index (χ3v) is 3.70. The molecule has 4 nitrogen and oxygen atoms in total. The fourth-order valence-corrected chi connectivity index (χ4v) is 2.69. The Morgan fingerprint density at radius 2 is 1.86 bits per heavy atom. The van der Waals surface area contributed by atoms with Crippen molar-refractivity contribution in [2.45, 2.75) is 13.3 Å². The van der Waals surface area contributed by atoms with Gasteiger partial charge in [0.05, 0.1) is 5.69 Å². The average Bonchev–Trinajstić information content (AvgIpc) is 2.46. The van der Waals surface area contributed by atoms with Gasteiger partial charge >= 0.3 is 6.03 Å². The van der Waals surface area contributed by atoms with Crippen LogP contribution in [0.25, 0.3) is 16.3 Å². The number of hydrogen-bond donors (Lipinski definition) is 1. The molecule has 0 radical (unpaired) electrons. The molecule has 0 spiro atoms. The second-order valence-corrected chi connectivity index (χ2v) is 5.21. The standard InChI is InChI=1S/C17H16N2O2/c1-11(2)12-5-3-7-14-13(12)6-4-8-15(14)19-10-9-16(20)18-17(19)21/h3-8H,1,9-10H2,2H3,(H,18,20,21). The number of carbonyl (C=O) groups excluding carboxylic acids is 2. The number of urea groups is 1. The van der Waals surface area contributed by atoms with Crippen LogP contribution in [0.2, 0.25) is 0 Å². The van der Waals surface area contributed by atoms with Gasteiger partial charge in [0.25, 0.3) is 0 Å². The lowest BCUT2D eigenvalue weighted by Gasteiger charge is -2.27. The predicted octanol–water partition coefficient (Wildman–Crippen LogP) is 3.32. The Balaban J connectivity index is 2.16.